The van der Waals surface area contributed by atoms with Crippen LogP contribution in [-0.4, -0.2) is 28.6 Å². The third-order valence-electron chi connectivity index (χ3n) is 5.05. The summed E-state index contributed by atoms with van der Waals surface area (Å²) in [4.78, 5) is 13.6. The Morgan fingerprint density at radius 1 is 0.938 bits per heavy atom. The van der Waals surface area contributed by atoms with Crippen LogP contribution in [0.3, 0.4) is 0 Å². The molecule has 0 bridgehead atoms. The number of ether oxygens (including phenoxy) is 1. The topological polar surface area (TPSA) is 58.6 Å². The summed E-state index contributed by atoms with van der Waals surface area (Å²) >= 11 is 1.65. The molecule has 0 aliphatic rings. The smallest absolute Gasteiger partial charge is 0.407 e. The molecule has 0 aliphatic heterocycles. The van der Waals surface area contributed by atoms with Crippen molar-refractivity contribution in [2.24, 2.45) is 0 Å². The average Bonchev–Trinajstić information content (AvgIpc) is 2.84. The third kappa shape index (κ3) is 7.91. The van der Waals surface area contributed by atoms with Gasteiger partial charge in [0, 0.05) is 10.1 Å². The Morgan fingerprint density at radius 3 is 2.09 bits per heavy atom. The molecule has 3 atom stereocenters. The monoisotopic (exact) mass is 447 g/mol. The summed E-state index contributed by atoms with van der Waals surface area (Å²) in [5.41, 5.74) is 1.94. The average molecular weight is 448 g/mol. The van der Waals surface area contributed by atoms with Gasteiger partial charge in [0.2, 0.25) is 0 Å². The molecule has 0 radical (unpaired) electrons. The summed E-state index contributed by atoms with van der Waals surface area (Å²) in [5, 5.41) is 13.9. The summed E-state index contributed by atoms with van der Waals surface area (Å²) in [6.07, 6.45) is 1.49. The van der Waals surface area contributed by atoms with E-state index in [1.54, 1.807) is 11.8 Å². The molecule has 3 aromatic carbocycles. The molecule has 0 saturated carbocycles. The maximum absolute atomic E-state index is 12.5. The molecule has 0 aliphatic carbocycles. The molecule has 0 spiro atoms. The van der Waals surface area contributed by atoms with Crippen LogP contribution in [-0.2, 0) is 17.8 Å². The molecule has 0 heterocycles. The van der Waals surface area contributed by atoms with Crippen molar-refractivity contribution in [1.82, 2.24) is 5.32 Å². The minimum Gasteiger partial charge on any atom is -0.445 e. The zero-order chi connectivity index (χ0) is 22.6. The number of carbonyl (C=O) groups is 1. The summed E-state index contributed by atoms with van der Waals surface area (Å²) in [6.45, 7) is 4.11. The van der Waals surface area contributed by atoms with Crippen LogP contribution in [0.5, 0.6) is 0 Å². The number of aliphatic hydroxyl groups is 1. The normalized spacial score (nSPS) is 13.5. The lowest BCUT2D eigenvalue weighted by Crippen LogP contribution is -2.45. The molecule has 2 N–H and O–H groups in total. The van der Waals surface area contributed by atoms with Gasteiger partial charge >= 0.3 is 6.09 Å². The number of hydrogen-bond acceptors (Lipinski definition) is 4. The van der Waals surface area contributed by atoms with Crippen molar-refractivity contribution in [3.63, 3.8) is 0 Å². The Kier molecular flexibility index (Phi) is 9.41. The van der Waals surface area contributed by atoms with Gasteiger partial charge in [0.05, 0.1) is 12.1 Å². The quantitative estimate of drug-likeness (QED) is 0.296. The number of benzene rings is 3. The van der Waals surface area contributed by atoms with Crippen LogP contribution >= 0.6 is 11.8 Å². The van der Waals surface area contributed by atoms with E-state index in [1.165, 1.54) is 0 Å². The van der Waals surface area contributed by atoms with E-state index in [-0.39, 0.29) is 11.9 Å². The molecule has 1 unspecified atom stereocenters. The van der Waals surface area contributed by atoms with Gasteiger partial charge in [-0.1, -0.05) is 84.9 Å². The molecule has 4 nitrogen and oxygen atoms in total. The molecule has 3 aromatic rings. The predicted octanol–water partition coefficient (Wildman–Crippen LogP) is 5.62. The van der Waals surface area contributed by atoms with Crippen molar-refractivity contribution in [3.05, 3.63) is 115 Å². The Balaban J connectivity index is 1.63. The fourth-order valence-corrected chi connectivity index (χ4v) is 4.39. The van der Waals surface area contributed by atoms with E-state index < -0.39 is 18.2 Å². The Bertz CT molecular complexity index is 950. The van der Waals surface area contributed by atoms with Crippen LogP contribution in [0, 0.1) is 0 Å². The first-order valence-electron chi connectivity index (χ1n) is 10.7. The van der Waals surface area contributed by atoms with Gasteiger partial charge < -0.3 is 15.2 Å². The van der Waals surface area contributed by atoms with Crippen molar-refractivity contribution in [3.8, 4) is 0 Å². The molecule has 1 amide bonds. The second-order valence-corrected chi connectivity index (χ2v) is 8.82. The summed E-state index contributed by atoms with van der Waals surface area (Å²) in [7, 11) is 0. The Hall–Kier alpha value is -3.02. The van der Waals surface area contributed by atoms with Gasteiger partial charge in [-0.25, -0.2) is 4.79 Å². The Morgan fingerprint density at radius 2 is 1.50 bits per heavy atom. The third-order valence-corrected chi connectivity index (χ3v) is 6.28. The second-order valence-electron chi connectivity index (χ2n) is 7.51. The highest BCUT2D eigenvalue weighted by molar-refractivity contribution is 8.00. The second kappa shape index (κ2) is 12.7. The highest BCUT2D eigenvalue weighted by atomic mass is 32.2. The number of thioether (sulfide) groups is 1. The molecule has 0 aromatic heterocycles. The van der Waals surface area contributed by atoms with E-state index in [0.717, 1.165) is 16.0 Å². The van der Waals surface area contributed by atoms with Crippen molar-refractivity contribution in [1.29, 1.82) is 0 Å². The fourth-order valence-electron chi connectivity index (χ4n) is 3.34. The van der Waals surface area contributed by atoms with Crippen LogP contribution in [0.15, 0.2) is 109 Å². The van der Waals surface area contributed by atoms with Gasteiger partial charge in [-0.05, 0) is 36.1 Å². The van der Waals surface area contributed by atoms with Crippen LogP contribution in [0.1, 0.15) is 17.5 Å². The molecular weight excluding hydrogens is 418 g/mol. The molecule has 32 heavy (non-hydrogen) atoms. The highest BCUT2D eigenvalue weighted by Crippen LogP contribution is 2.27. The van der Waals surface area contributed by atoms with E-state index in [0.29, 0.717) is 12.8 Å². The lowest BCUT2D eigenvalue weighted by molar-refractivity contribution is 0.0977. The van der Waals surface area contributed by atoms with Gasteiger partial charge in [0.15, 0.2) is 0 Å². The van der Waals surface area contributed by atoms with Crippen molar-refractivity contribution >= 4 is 17.9 Å². The zero-order valence-electron chi connectivity index (χ0n) is 18.0. The molecular formula is C27H29NO3S. The lowest BCUT2D eigenvalue weighted by atomic mass is 9.98. The Labute approximate surface area is 194 Å². The maximum atomic E-state index is 12.5. The number of nitrogens with one attached hydrogen (secondary N) is 1. The number of aliphatic hydroxyl groups excluding tert-OH is 1. The maximum Gasteiger partial charge on any atom is 0.407 e. The van der Waals surface area contributed by atoms with Crippen LogP contribution < -0.4 is 5.32 Å². The summed E-state index contributed by atoms with van der Waals surface area (Å²) in [5.74, 6) is 0. The van der Waals surface area contributed by atoms with Gasteiger partial charge in [-0.3, -0.25) is 0 Å². The molecule has 5 heteroatoms. The number of hydrogen-bond donors (Lipinski definition) is 2. The minimum absolute atomic E-state index is 0.00723. The lowest BCUT2D eigenvalue weighted by Gasteiger charge is -2.26. The van der Waals surface area contributed by atoms with Gasteiger partial charge in [-0.2, -0.15) is 0 Å². The van der Waals surface area contributed by atoms with E-state index in [1.807, 2.05) is 97.1 Å². The fraction of sp³-hybridized carbons (Fsp3) is 0.222. The molecule has 166 valence electrons. The van der Waals surface area contributed by atoms with Gasteiger partial charge in [0.25, 0.3) is 0 Å². The first-order chi connectivity index (χ1) is 15.6. The first kappa shape index (κ1) is 23.6. The summed E-state index contributed by atoms with van der Waals surface area (Å²) < 4.78 is 5.39. The number of amides is 1. The predicted molar refractivity (Wildman–Crippen MR) is 131 cm³/mol. The largest absolute Gasteiger partial charge is 0.445 e. The molecule has 0 fully saturated rings. The van der Waals surface area contributed by atoms with E-state index >= 15 is 0 Å². The standard InChI is InChI=1S/C27H29NO3S/c1-2-23(32-24-16-10-5-11-17-24)19-26(29)25(18-21-12-6-3-7-13-21)28-27(30)31-20-22-14-8-4-9-15-22/h2-17,23,25-26,29H,1,18-20H2,(H,28,30)/t23?,25-,26-/m0/s1. The molecule has 3 rings (SSSR count). The van der Waals surface area contributed by atoms with E-state index in [9.17, 15) is 9.90 Å². The van der Waals surface area contributed by atoms with Gasteiger partial charge in [-0.15, -0.1) is 18.3 Å². The summed E-state index contributed by atoms with van der Waals surface area (Å²) in [6, 6.07) is 28.9. The van der Waals surface area contributed by atoms with Crippen LogP contribution in [0.2, 0.25) is 0 Å². The number of rotatable bonds is 11. The number of alkyl carbamates (subject to hydrolysis) is 1. The van der Waals surface area contributed by atoms with E-state index in [2.05, 4.69) is 11.9 Å². The van der Waals surface area contributed by atoms with Gasteiger partial charge in [0.1, 0.15) is 6.61 Å². The SMILES string of the molecule is C=CC(C[C@H](O)[C@H](Cc1ccccc1)NC(=O)OCc1ccccc1)Sc1ccccc1. The molecule has 0 saturated heterocycles. The minimum atomic E-state index is -0.765. The van der Waals surface area contributed by atoms with Crippen molar-refractivity contribution in [2.75, 3.05) is 0 Å². The van der Waals surface area contributed by atoms with Crippen LogP contribution in [0.25, 0.3) is 0 Å². The first-order valence-corrected chi connectivity index (χ1v) is 11.6. The number of carbonyl (C=O) groups excluding carboxylic acids is 1. The van der Waals surface area contributed by atoms with Crippen molar-refractivity contribution < 1.29 is 14.6 Å². The van der Waals surface area contributed by atoms with Crippen molar-refractivity contribution in [2.45, 2.75) is 41.7 Å². The van der Waals surface area contributed by atoms with E-state index in [4.69, 9.17) is 4.74 Å². The zero-order valence-corrected chi connectivity index (χ0v) is 18.8. The highest BCUT2D eigenvalue weighted by Gasteiger charge is 2.25. The van der Waals surface area contributed by atoms with Crippen LogP contribution in [0.4, 0.5) is 4.79 Å².